The molecule has 0 bridgehead atoms. The first kappa shape index (κ1) is 25.9. The summed E-state index contributed by atoms with van der Waals surface area (Å²) in [6.07, 6.45) is 4.83. The molecule has 0 saturated heterocycles. The molecule has 0 unspecified atom stereocenters. The molecule has 2 aromatic carbocycles. The van der Waals surface area contributed by atoms with Gasteiger partial charge in [-0.15, -0.1) is 0 Å². The molecule has 0 aromatic heterocycles. The van der Waals surface area contributed by atoms with Gasteiger partial charge in [-0.05, 0) is 95.2 Å². The normalized spacial score (nSPS) is 14.6. The third-order valence-corrected chi connectivity index (χ3v) is 13.6. The summed E-state index contributed by atoms with van der Waals surface area (Å²) in [6.45, 7) is 12.2. The van der Waals surface area contributed by atoms with Crippen molar-refractivity contribution in [3.8, 4) is 6.07 Å². The van der Waals surface area contributed by atoms with Crippen LogP contribution in [0.4, 0.5) is 11.4 Å². The Labute approximate surface area is 204 Å². The van der Waals surface area contributed by atoms with Crippen molar-refractivity contribution in [1.29, 1.82) is 5.26 Å². The van der Waals surface area contributed by atoms with Crippen molar-refractivity contribution >= 4 is 30.5 Å². The van der Waals surface area contributed by atoms with E-state index in [-0.39, 0.29) is 11.8 Å². The van der Waals surface area contributed by atoms with Crippen LogP contribution in [0.2, 0.25) is 0 Å². The predicted octanol–water partition coefficient (Wildman–Crippen LogP) is 6.35. The van der Waals surface area contributed by atoms with Gasteiger partial charge in [0.05, 0.1) is 24.0 Å². The molecule has 0 heterocycles. The Morgan fingerprint density at radius 1 is 0.941 bits per heavy atom. The van der Waals surface area contributed by atoms with E-state index in [1.54, 1.807) is 0 Å². The van der Waals surface area contributed by atoms with Gasteiger partial charge in [0.15, 0.2) is 5.16 Å². The summed E-state index contributed by atoms with van der Waals surface area (Å²) in [5, 5.41) is 15.2. The lowest BCUT2D eigenvalue weighted by Crippen LogP contribution is -2.53. The number of amides is 2. The van der Waals surface area contributed by atoms with E-state index in [9.17, 15) is 14.9 Å². The Morgan fingerprint density at radius 3 is 1.91 bits per heavy atom. The molecule has 2 amide bonds. The van der Waals surface area contributed by atoms with Gasteiger partial charge < -0.3 is 10.6 Å². The van der Waals surface area contributed by atoms with Crippen LogP contribution < -0.4 is 10.6 Å². The zero-order valence-corrected chi connectivity index (χ0v) is 22.2. The Balaban J connectivity index is 1.90. The lowest BCUT2D eigenvalue weighted by Gasteiger charge is -2.48. The number of hydrogen-bond donors (Lipinski definition) is 2. The molecule has 1 fully saturated rings. The fourth-order valence-corrected chi connectivity index (χ4v) is 10.3. The van der Waals surface area contributed by atoms with Crippen molar-refractivity contribution in [2.45, 2.75) is 66.0 Å². The van der Waals surface area contributed by atoms with Crippen LogP contribution in [0.5, 0.6) is 0 Å². The molecule has 0 spiro atoms. The fraction of sp³-hybridized carbons (Fsp3) is 0.464. The van der Waals surface area contributed by atoms with E-state index in [2.05, 4.69) is 30.6 Å². The zero-order valence-electron chi connectivity index (χ0n) is 21.3. The van der Waals surface area contributed by atoms with Crippen LogP contribution in [0.25, 0.3) is 0 Å². The topological polar surface area (TPSA) is 82.0 Å². The number of carbonyl (C=O) groups is 2. The number of anilines is 2. The number of benzene rings is 2. The molecule has 34 heavy (non-hydrogen) atoms. The van der Waals surface area contributed by atoms with Gasteiger partial charge in [-0.1, -0.05) is 18.2 Å². The number of nitrogens with one attached hydrogen (secondary N) is 2. The standard InChI is InChI=1S/C28H36N3O2P/c1-7-34(8-2,18-24(32)30-25-19(3)11-9-12-20(25)4)28(13-10-14-28)27(33)31-26-21(5)15-23(17-29)16-22(26)6/h9,11-12,15-16H,7-8,10,13-14,18H2,1-6H3,(H-,30,31,32,33)/p+1. The van der Waals surface area contributed by atoms with Gasteiger partial charge in [0.1, 0.15) is 6.16 Å². The lowest BCUT2D eigenvalue weighted by molar-refractivity contribution is -0.120. The smallest absolute Gasteiger partial charge is 0.268 e. The van der Waals surface area contributed by atoms with Gasteiger partial charge in [-0.2, -0.15) is 5.26 Å². The van der Waals surface area contributed by atoms with Gasteiger partial charge in [0.2, 0.25) is 0 Å². The molecule has 6 heteroatoms. The first-order valence-electron chi connectivity index (χ1n) is 12.2. The molecule has 0 radical (unpaired) electrons. The van der Waals surface area contributed by atoms with E-state index >= 15 is 0 Å². The number of aryl methyl sites for hydroxylation is 4. The minimum absolute atomic E-state index is 0.0132. The molecule has 0 atom stereocenters. The van der Waals surface area contributed by atoms with E-state index in [0.29, 0.717) is 11.7 Å². The Kier molecular flexibility index (Phi) is 7.84. The minimum atomic E-state index is -1.93. The molecule has 0 aliphatic heterocycles. The molecule has 5 nitrogen and oxygen atoms in total. The maximum absolute atomic E-state index is 13.9. The second kappa shape index (κ2) is 10.3. The van der Waals surface area contributed by atoms with Crippen molar-refractivity contribution in [1.82, 2.24) is 0 Å². The summed E-state index contributed by atoms with van der Waals surface area (Å²) in [6, 6.07) is 11.8. The predicted molar refractivity (Wildman–Crippen MR) is 143 cm³/mol. The van der Waals surface area contributed by atoms with Crippen molar-refractivity contribution in [3.05, 3.63) is 58.1 Å². The Morgan fingerprint density at radius 2 is 1.47 bits per heavy atom. The van der Waals surface area contributed by atoms with Gasteiger partial charge in [0.25, 0.3) is 11.8 Å². The van der Waals surface area contributed by atoms with Crippen molar-refractivity contribution in [3.63, 3.8) is 0 Å². The monoisotopic (exact) mass is 478 g/mol. The van der Waals surface area contributed by atoms with Gasteiger partial charge >= 0.3 is 0 Å². The van der Waals surface area contributed by atoms with Gasteiger partial charge in [-0.25, -0.2) is 0 Å². The van der Waals surface area contributed by atoms with Crippen LogP contribution in [0, 0.1) is 39.0 Å². The Hall–Kier alpha value is -2.70. The second-order valence-electron chi connectivity index (χ2n) is 9.69. The van der Waals surface area contributed by atoms with E-state index in [0.717, 1.165) is 65.2 Å². The van der Waals surface area contributed by atoms with Crippen LogP contribution in [-0.4, -0.2) is 35.5 Å². The van der Waals surface area contributed by atoms with Crippen LogP contribution >= 0.6 is 7.26 Å². The number of rotatable bonds is 8. The van der Waals surface area contributed by atoms with Crippen molar-refractivity contribution in [2.24, 2.45) is 0 Å². The minimum Gasteiger partial charge on any atom is -0.322 e. The number of nitrogens with zero attached hydrogens (tertiary/aromatic N) is 1. The summed E-state index contributed by atoms with van der Waals surface area (Å²) in [7, 11) is -1.93. The first-order chi connectivity index (χ1) is 16.1. The molecule has 1 aliphatic carbocycles. The molecule has 180 valence electrons. The maximum Gasteiger partial charge on any atom is 0.268 e. The van der Waals surface area contributed by atoms with E-state index in [4.69, 9.17) is 0 Å². The third-order valence-electron chi connectivity index (χ3n) is 7.81. The molecular weight excluding hydrogens is 441 g/mol. The molecule has 1 saturated carbocycles. The average Bonchev–Trinajstić information content (AvgIpc) is 2.77. The summed E-state index contributed by atoms with van der Waals surface area (Å²) < 4.78 is 0. The van der Waals surface area contributed by atoms with Crippen molar-refractivity contribution in [2.75, 3.05) is 29.1 Å². The van der Waals surface area contributed by atoms with Crippen LogP contribution in [-0.2, 0) is 9.59 Å². The largest absolute Gasteiger partial charge is 0.322 e. The van der Waals surface area contributed by atoms with Gasteiger partial charge in [0, 0.05) is 18.6 Å². The quantitative estimate of drug-likeness (QED) is 0.434. The highest BCUT2D eigenvalue weighted by Gasteiger charge is 2.64. The highest BCUT2D eigenvalue weighted by atomic mass is 31.2. The fourth-order valence-electron chi connectivity index (χ4n) is 5.55. The molecule has 2 aromatic rings. The highest BCUT2D eigenvalue weighted by molar-refractivity contribution is 7.79. The number of carbonyl (C=O) groups excluding carboxylic acids is 2. The molecule has 3 rings (SSSR count). The van der Waals surface area contributed by atoms with Crippen molar-refractivity contribution < 1.29 is 9.59 Å². The molecule has 2 N–H and O–H groups in total. The van der Waals surface area contributed by atoms with Gasteiger partial charge in [-0.3, -0.25) is 9.59 Å². The second-order valence-corrected chi connectivity index (χ2v) is 14.4. The number of hydrogen-bond acceptors (Lipinski definition) is 3. The highest BCUT2D eigenvalue weighted by Crippen LogP contribution is 2.74. The summed E-state index contributed by atoms with van der Waals surface area (Å²) in [5.41, 5.74) is 6.15. The third kappa shape index (κ3) is 4.62. The number of para-hydroxylation sites is 1. The molecule has 1 aliphatic rings. The summed E-state index contributed by atoms with van der Waals surface area (Å²) >= 11 is 0. The van der Waals surface area contributed by atoms with E-state index in [1.807, 2.05) is 58.0 Å². The molecular formula is C28H37N3O2P+. The zero-order chi connectivity index (χ0) is 25.1. The van der Waals surface area contributed by atoms with E-state index < -0.39 is 12.4 Å². The SMILES string of the molecule is CC[P+](CC)(CC(=O)Nc1c(C)cccc1C)C1(C(=O)Nc2c(C)cc(C#N)cc2C)CCC1. The average molecular weight is 479 g/mol. The van der Waals surface area contributed by atoms with Crippen LogP contribution in [0.15, 0.2) is 30.3 Å². The van der Waals surface area contributed by atoms with Crippen LogP contribution in [0.3, 0.4) is 0 Å². The first-order valence-corrected chi connectivity index (χ1v) is 14.5. The Bertz CT molecular complexity index is 1100. The summed E-state index contributed by atoms with van der Waals surface area (Å²) in [4.78, 5) is 27.3. The van der Waals surface area contributed by atoms with E-state index in [1.165, 1.54) is 0 Å². The van der Waals surface area contributed by atoms with Crippen LogP contribution in [0.1, 0.15) is 60.9 Å². The lowest BCUT2D eigenvalue weighted by atomic mass is 9.83. The number of nitriles is 1. The summed E-state index contributed by atoms with van der Waals surface area (Å²) in [5.74, 6) is 0.0609. The maximum atomic E-state index is 13.9.